The van der Waals surface area contributed by atoms with E-state index in [0.29, 0.717) is 90.7 Å². The molecule has 7 aromatic rings. The van der Waals surface area contributed by atoms with E-state index in [9.17, 15) is 0 Å². The van der Waals surface area contributed by atoms with E-state index in [0.717, 1.165) is 45.6 Å². The molecule has 2 N–H and O–H groups in total. The lowest BCUT2D eigenvalue weighted by Gasteiger charge is -2.02. The van der Waals surface area contributed by atoms with Crippen molar-refractivity contribution < 1.29 is 2.78 Å². The van der Waals surface area contributed by atoms with Gasteiger partial charge in [0.25, 0.3) is 0 Å². The second-order valence-electron chi connectivity index (χ2n) is 12.1. The average Bonchev–Trinajstić information content (AvgIpc) is 3.73. The van der Waals surface area contributed by atoms with Crippen LogP contribution < -0.4 is 2.78 Å². The molecule has 0 aromatic carbocycles. The van der Waals surface area contributed by atoms with Crippen molar-refractivity contribution in [3.05, 3.63) is 45.6 Å². The molecule has 0 saturated carbocycles. The van der Waals surface area contributed by atoms with Gasteiger partial charge in [0.15, 0.2) is 68.2 Å². The first-order valence-corrected chi connectivity index (χ1v) is 16.4. The van der Waals surface area contributed by atoms with Crippen molar-refractivity contribution in [3.63, 3.8) is 0 Å². The molecule has 2 aliphatic heterocycles. The molecule has 0 saturated heterocycles. The van der Waals surface area contributed by atoms with Crippen LogP contribution >= 0.6 is 22.9 Å². The number of aromatic amines is 2. The van der Waals surface area contributed by atoms with Crippen LogP contribution in [0.25, 0.3) is 90.7 Å². The maximum absolute atomic E-state index is 5.11. The van der Waals surface area contributed by atoms with Gasteiger partial charge in [-0.3, -0.25) is 0 Å². The van der Waals surface area contributed by atoms with E-state index in [1.165, 1.54) is 0 Å². The first kappa shape index (κ1) is 29.5. The average molecular weight is 762 g/mol. The van der Waals surface area contributed by atoms with Gasteiger partial charge in [0.1, 0.15) is 22.4 Å². The molecular formula is C32H26IN16+. The summed E-state index contributed by atoms with van der Waals surface area (Å²) in [7, 11) is 0. The van der Waals surface area contributed by atoms with Gasteiger partial charge in [-0.15, -0.1) is 0 Å². The fourth-order valence-corrected chi connectivity index (χ4v) is 6.42. The van der Waals surface area contributed by atoms with Crippen molar-refractivity contribution in [2.24, 2.45) is 0 Å². The number of aromatic nitrogens is 16. The van der Waals surface area contributed by atoms with Gasteiger partial charge in [0.05, 0.1) is 45.6 Å². The maximum Gasteiger partial charge on any atom is 0.302 e. The number of nitrogens with zero attached hydrogens (tertiary/aromatic N) is 14. The van der Waals surface area contributed by atoms with Gasteiger partial charge in [-0.2, -0.15) is 2.78 Å². The number of fused-ring (bicyclic) bond motifs is 20. The van der Waals surface area contributed by atoms with Gasteiger partial charge in [0, 0.05) is 0 Å². The van der Waals surface area contributed by atoms with Gasteiger partial charge in [-0.05, 0) is 55.4 Å². The zero-order chi connectivity index (χ0) is 34.0. The minimum Gasteiger partial charge on any atom is -0.307 e. The highest BCUT2D eigenvalue weighted by atomic mass is 127. The highest BCUT2D eigenvalue weighted by Gasteiger charge is 2.35. The van der Waals surface area contributed by atoms with Gasteiger partial charge >= 0.3 is 11.6 Å². The molecule has 0 unspecified atom stereocenters. The number of halogens is 1. The van der Waals surface area contributed by atoms with Crippen LogP contribution in [0.3, 0.4) is 0 Å². The van der Waals surface area contributed by atoms with Crippen LogP contribution in [0.15, 0.2) is 0 Å². The lowest BCUT2D eigenvalue weighted by molar-refractivity contribution is -0.416. The molecule has 0 aliphatic carbocycles. The maximum atomic E-state index is 5.11. The Balaban J connectivity index is 1.54. The summed E-state index contributed by atoms with van der Waals surface area (Å²) in [5, 5.41) is 0. The van der Waals surface area contributed by atoms with Gasteiger partial charge < -0.3 is 9.97 Å². The number of aryl methyl sites for hydroxylation is 8. The van der Waals surface area contributed by atoms with E-state index in [1.807, 2.05) is 58.2 Å². The van der Waals surface area contributed by atoms with Crippen molar-refractivity contribution in [1.82, 2.24) is 74.8 Å². The molecule has 2 aliphatic rings. The number of H-pyrrole nitrogens is 2. The highest BCUT2D eigenvalue weighted by molar-refractivity contribution is 14.1. The van der Waals surface area contributed by atoms with E-state index in [-0.39, 0.29) is 0 Å². The predicted molar refractivity (Wildman–Crippen MR) is 188 cm³/mol. The van der Waals surface area contributed by atoms with Crippen molar-refractivity contribution in [2.45, 2.75) is 55.4 Å². The SMILES string of the molecule is Cc1nc2c(nc1C)-c1nc-2nc2[nH]c(nc3[n+](I)c(nc4[nH]c(n1)c1nc(C)c(C)nc41)-c1nc(C)c(C)nc1-3)c1nc(C)c(C)nc21. The molecule has 9 heterocycles. The van der Waals surface area contributed by atoms with Crippen molar-refractivity contribution in [3.8, 4) is 46.1 Å². The van der Waals surface area contributed by atoms with Crippen LogP contribution in [0, 0.1) is 55.4 Å². The summed E-state index contributed by atoms with van der Waals surface area (Å²) < 4.78 is 1.83. The topological polar surface area (TPSA) is 203 Å². The number of rotatable bonds is 0. The van der Waals surface area contributed by atoms with Crippen molar-refractivity contribution >= 4 is 67.5 Å². The van der Waals surface area contributed by atoms with Gasteiger partial charge in [-0.25, -0.2) is 54.8 Å². The normalized spacial score (nSPS) is 12.2. The van der Waals surface area contributed by atoms with E-state index >= 15 is 0 Å². The van der Waals surface area contributed by atoms with Crippen LogP contribution in [0.2, 0.25) is 0 Å². The third-order valence-corrected chi connectivity index (χ3v) is 9.81. The first-order chi connectivity index (χ1) is 23.4. The first-order valence-electron chi connectivity index (χ1n) is 15.4. The summed E-state index contributed by atoms with van der Waals surface area (Å²) in [5.74, 6) is 1.68. The van der Waals surface area contributed by atoms with Crippen molar-refractivity contribution in [2.75, 3.05) is 0 Å². The van der Waals surface area contributed by atoms with Crippen LogP contribution in [-0.4, -0.2) is 74.8 Å². The Labute approximate surface area is 291 Å². The molecule has 0 fully saturated rings. The van der Waals surface area contributed by atoms with Crippen LogP contribution in [0.4, 0.5) is 0 Å². The third-order valence-electron chi connectivity index (χ3n) is 8.90. The molecule has 0 spiro atoms. The lowest BCUT2D eigenvalue weighted by Crippen LogP contribution is -2.22. The van der Waals surface area contributed by atoms with Gasteiger partial charge in [-0.1, -0.05) is 9.97 Å². The predicted octanol–water partition coefficient (Wildman–Crippen LogP) is 4.59. The number of hydrogen-bond donors (Lipinski definition) is 2. The van der Waals surface area contributed by atoms with E-state index in [1.54, 1.807) is 0 Å². The summed E-state index contributed by atoms with van der Waals surface area (Å²) in [6.45, 7) is 15.3. The summed E-state index contributed by atoms with van der Waals surface area (Å²) in [6.07, 6.45) is 0. The summed E-state index contributed by atoms with van der Waals surface area (Å²) in [4.78, 5) is 70.9. The minimum absolute atomic E-state index is 0.326. The number of hydrogen-bond acceptors (Lipinski definition) is 13. The van der Waals surface area contributed by atoms with Crippen LogP contribution in [-0.2, 0) is 0 Å². The van der Waals surface area contributed by atoms with Crippen LogP contribution in [0.5, 0.6) is 0 Å². The largest absolute Gasteiger partial charge is 0.307 e. The summed E-state index contributed by atoms with van der Waals surface area (Å²) in [5.41, 5.74) is 12.2. The number of nitrogens with one attached hydrogen (secondary N) is 2. The molecular weight excluding hydrogens is 735 g/mol. The second kappa shape index (κ2) is 10.2. The van der Waals surface area contributed by atoms with E-state index in [4.69, 9.17) is 64.8 Å². The Bertz CT molecular complexity index is 2650. The second-order valence-corrected chi connectivity index (χ2v) is 13.1. The molecule has 0 amide bonds. The monoisotopic (exact) mass is 761 g/mol. The Morgan fingerprint density at radius 1 is 0.347 bits per heavy atom. The fraction of sp³-hybridized carbons (Fsp3) is 0.250. The third kappa shape index (κ3) is 4.33. The Morgan fingerprint density at radius 2 is 0.633 bits per heavy atom. The molecule has 16 nitrogen and oxygen atoms in total. The Morgan fingerprint density at radius 3 is 0.980 bits per heavy atom. The Hall–Kier alpha value is -5.59. The molecule has 8 bridgehead atoms. The molecule has 0 atom stereocenters. The van der Waals surface area contributed by atoms with Crippen molar-refractivity contribution in [1.29, 1.82) is 0 Å². The summed E-state index contributed by atoms with van der Waals surface area (Å²) in [6, 6.07) is 0. The molecule has 49 heavy (non-hydrogen) atoms. The van der Waals surface area contributed by atoms with Gasteiger partial charge in [0.2, 0.25) is 11.3 Å². The zero-order valence-electron chi connectivity index (χ0n) is 27.6. The fourth-order valence-electron chi connectivity index (χ4n) is 5.75. The molecule has 240 valence electrons. The van der Waals surface area contributed by atoms with E-state index in [2.05, 4.69) is 32.8 Å². The highest BCUT2D eigenvalue weighted by Crippen LogP contribution is 2.34. The zero-order valence-corrected chi connectivity index (χ0v) is 29.8. The standard InChI is InChI=1S/C32H25IN16/c1-9-10(2)35-18-17(34-9)25-42-26(18)44-28-20-22(39-14(6)12(4)37-20)30(46-28)48-32-24-23(40-15(7)16(8)41-24)31(49(32)33)47-29-21-19(27(43-25)45-29)36-11(3)13(5)38-21/h1-8H3,(H,34,35,36,37,38,39,40,41,42,43,44,45,46,47,48)/p+1. The van der Waals surface area contributed by atoms with E-state index < -0.39 is 0 Å². The minimum atomic E-state index is 0.326. The Kier molecular flexibility index (Phi) is 6.15. The lowest BCUT2D eigenvalue weighted by atomic mass is 10.2. The smallest absolute Gasteiger partial charge is 0.302 e. The molecule has 0 radical (unpaired) electrons. The molecule has 9 rings (SSSR count). The quantitative estimate of drug-likeness (QED) is 0.203. The van der Waals surface area contributed by atoms with Crippen LogP contribution in [0.1, 0.15) is 45.6 Å². The molecule has 7 aromatic heterocycles. The molecule has 17 heteroatoms. The summed E-state index contributed by atoms with van der Waals surface area (Å²) >= 11 is 2.18.